The highest BCUT2D eigenvalue weighted by Gasteiger charge is 2.26. The molecule has 0 bridgehead atoms. The van der Waals surface area contributed by atoms with Gasteiger partial charge in [-0.05, 0) is 38.1 Å². The third kappa shape index (κ3) is 7.62. The average molecular weight is 448 g/mol. The van der Waals surface area contributed by atoms with Crippen molar-refractivity contribution in [1.82, 2.24) is 14.9 Å². The molecule has 1 aromatic heterocycles. The normalized spacial score (nSPS) is 10.9. The number of allylic oxidation sites excluding steroid dienone is 2. The summed E-state index contributed by atoms with van der Waals surface area (Å²) < 4.78 is 32.5. The lowest BCUT2D eigenvalue weighted by molar-refractivity contribution is -0.131. The van der Waals surface area contributed by atoms with E-state index in [9.17, 15) is 18.4 Å². The number of halogens is 2. The van der Waals surface area contributed by atoms with Gasteiger partial charge in [-0.2, -0.15) is 8.78 Å². The van der Waals surface area contributed by atoms with Crippen LogP contribution >= 0.6 is 0 Å². The summed E-state index contributed by atoms with van der Waals surface area (Å²) in [6.07, 6.45) is 0.317. The van der Waals surface area contributed by atoms with Crippen molar-refractivity contribution < 1.29 is 28.2 Å². The highest BCUT2D eigenvalue weighted by molar-refractivity contribution is 5.93. The van der Waals surface area contributed by atoms with E-state index in [0.717, 1.165) is 5.57 Å². The molecular formula is C22H26F2N4O4. The number of hydrogen-bond acceptors (Lipinski definition) is 5. The van der Waals surface area contributed by atoms with E-state index in [-0.39, 0.29) is 31.1 Å². The summed E-state index contributed by atoms with van der Waals surface area (Å²) in [5.74, 6) is -0.808. The van der Waals surface area contributed by atoms with Crippen LogP contribution in [0.5, 0.6) is 5.75 Å². The molecule has 0 unspecified atom stereocenters. The first kappa shape index (κ1) is 24.7. The molecule has 32 heavy (non-hydrogen) atoms. The predicted octanol–water partition coefficient (Wildman–Crippen LogP) is 2.91. The molecule has 0 radical (unpaired) electrons. The van der Waals surface area contributed by atoms with Crippen LogP contribution in [0.15, 0.2) is 54.8 Å². The number of amides is 2. The van der Waals surface area contributed by atoms with Crippen molar-refractivity contribution in [2.24, 2.45) is 0 Å². The Morgan fingerprint density at radius 1 is 1.28 bits per heavy atom. The van der Waals surface area contributed by atoms with Crippen LogP contribution in [0.25, 0.3) is 0 Å². The van der Waals surface area contributed by atoms with Gasteiger partial charge < -0.3 is 25.0 Å². The van der Waals surface area contributed by atoms with Gasteiger partial charge in [-0.3, -0.25) is 9.59 Å². The largest absolute Gasteiger partial charge is 0.429 e. The van der Waals surface area contributed by atoms with E-state index in [1.807, 2.05) is 19.9 Å². The van der Waals surface area contributed by atoms with Gasteiger partial charge in [-0.15, -0.1) is 0 Å². The SMILES string of the molecule is C=CC(F)(F)Oc1ccc(NC(=O)Cc2cn(CC=C(C)C)c(C(=O)NCCO)n2)cc1. The van der Waals surface area contributed by atoms with Gasteiger partial charge in [-0.25, -0.2) is 4.98 Å². The Hall–Kier alpha value is -3.53. The predicted molar refractivity (Wildman–Crippen MR) is 116 cm³/mol. The second kappa shape index (κ2) is 11.2. The Balaban J connectivity index is 2.07. The first-order valence-corrected chi connectivity index (χ1v) is 9.82. The third-order valence-corrected chi connectivity index (χ3v) is 4.09. The van der Waals surface area contributed by atoms with Gasteiger partial charge >= 0.3 is 6.11 Å². The number of aliphatic hydroxyl groups is 1. The van der Waals surface area contributed by atoms with Gasteiger partial charge in [0.25, 0.3) is 5.91 Å². The molecule has 1 heterocycles. The zero-order chi connectivity index (χ0) is 23.7. The monoisotopic (exact) mass is 448 g/mol. The Morgan fingerprint density at radius 3 is 2.56 bits per heavy atom. The standard InChI is InChI=1S/C22H26F2N4O4/c1-4-22(23,24)32-18-7-5-16(6-8-18)26-19(30)13-17-14-28(11-9-15(2)3)20(27-17)21(31)25-10-12-29/h4-9,14,29H,1,10-13H2,2-3H3,(H,25,31)(H,26,30). The van der Waals surface area contributed by atoms with Crippen molar-refractivity contribution in [2.45, 2.75) is 32.9 Å². The fourth-order valence-electron chi connectivity index (χ4n) is 2.58. The summed E-state index contributed by atoms with van der Waals surface area (Å²) in [5.41, 5.74) is 1.82. The van der Waals surface area contributed by atoms with Crippen molar-refractivity contribution in [3.8, 4) is 5.75 Å². The number of nitrogens with one attached hydrogen (secondary N) is 2. The highest BCUT2D eigenvalue weighted by atomic mass is 19.3. The third-order valence-electron chi connectivity index (χ3n) is 4.09. The zero-order valence-corrected chi connectivity index (χ0v) is 17.9. The zero-order valence-electron chi connectivity index (χ0n) is 17.9. The maximum Gasteiger partial charge on any atom is 0.419 e. The molecule has 2 aromatic rings. The molecule has 0 aliphatic carbocycles. The summed E-state index contributed by atoms with van der Waals surface area (Å²) >= 11 is 0. The van der Waals surface area contributed by atoms with Crippen LogP contribution in [0.3, 0.4) is 0 Å². The van der Waals surface area contributed by atoms with Crippen LogP contribution in [-0.2, 0) is 17.8 Å². The molecule has 3 N–H and O–H groups in total. The maximum absolute atomic E-state index is 13.2. The molecule has 0 fully saturated rings. The van der Waals surface area contributed by atoms with E-state index < -0.39 is 17.9 Å². The Labute approximate surface area is 184 Å². The Kier molecular flexibility index (Phi) is 8.65. The molecule has 1 aromatic carbocycles. The number of benzene rings is 1. The number of anilines is 1. The molecule has 10 heteroatoms. The van der Waals surface area contributed by atoms with Crippen LogP contribution in [0.1, 0.15) is 30.2 Å². The number of hydrogen-bond donors (Lipinski definition) is 3. The highest BCUT2D eigenvalue weighted by Crippen LogP contribution is 2.24. The average Bonchev–Trinajstić information content (AvgIpc) is 3.14. The summed E-state index contributed by atoms with van der Waals surface area (Å²) in [7, 11) is 0. The smallest absolute Gasteiger partial charge is 0.419 e. The van der Waals surface area contributed by atoms with Crippen LogP contribution in [0.2, 0.25) is 0 Å². The molecule has 0 spiro atoms. The molecular weight excluding hydrogens is 422 g/mol. The molecule has 0 saturated heterocycles. The summed E-state index contributed by atoms with van der Waals surface area (Å²) in [4.78, 5) is 29.0. The summed E-state index contributed by atoms with van der Waals surface area (Å²) in [6.45, 7) is 7.13. The van der Waals surface area contributed by atoms with E-state index in [2.05, 4.69) is 26.9 Å². The number of rotatable bonds is 11. The van der Waals surface area contributed by atoms with Gasteiger partial charge in [0, 0.05) is 31.0 Å². The number of imidazole rings is 1. The lowest BCUT2D eigenvalue weighted by atomic mass is 10.2. The number of aliphatic hydroxyl groups excluding tert-OH is 1. The fraction of sp³-hybridized carbons (Fsp3) is 0.318. The number of alkyl halides is 2. The second-order valence-corrected chi connectivity index (χ2v) is 7.09. The van der Waals surface area contributed by atoms with E-state index in [1.165, 1.54) is 24.3 Å². The number of ether oxygens (including phenoxy) is 1. The number of nitrogens with zero attached hydrogens (tertiary/aromatic N) is 2. The first-order valence-electron chi connectivity index (χ1n) is 9.82. The van der Waals surface area contributed by atoms with Gasteiger partial charge in [0.2, 0.25) is 5.91 Å². The van der Waals surface area contributed by atoms with Crippen LogP contribution < -0.4 is 15.4 Å². The van der Waals surface area contributed by atoms with E-state index in [4.69, 9.17) is 5.11 Å². The van der Waals surface area contributed by atoms with E-state index in [0.29, 0.717) is 24.0 Å². The summed E-state index contributed by atoms with van der Waals surface area (Å²) in [5, 5.41) is 14.1. The van der Waals surface area contributed by atoms with Crippen molar-refractivity contribution in [3.63, 3.8) is 0 Å². The van der Waals surface area contributed by atoms with Crippen LogP contribution in [0.4, 0.5) is 14.5 Å². The van der Waals surface area contributed by atoms with Gasteiger partial charge in [0.15, 0.2) is 5.82 Å². The molecule has 2 amide bonds. The lowest BCUT2D eigenvalue weighted by Crippen LogP contribution is -2.29. The topological polar surface area (TPSA) is 105 Å². The van der Waals surface area contributed by atoms with E-state index >= 15 is 0 Å². The van der Waals surface area contributed by atoms with Crippen molar-refractivity contribution in [2.75, 3.05) is 18.5 Å². The van der Waals surface area contributed by atoms with Gasteiger partial charge in [-0.1, -0.05) is 18.2 Å². The molecule has 2 rings (SSSR count). The minimum atomic E-state index is -3.49. The minimum Gasteiger partial charge on any atom is -0.429 e. The second-order valence-electron chi connectivity index (χ2n) is 7.09. The molecule has 8 nitrogen and oxygen atoms in total. The van der Waals surface area contributed by atoms with Gasteiger partial charge in [0.1, 0.15) is 5.75 Å². The fourth-order valence-corrected chi connectivity index (χ4v) is 2.58. The molecule has 0 aliphatic heterocycles. The molecule has 0 saturated carbocycles. The Bertz CT molecular complexity index is 980. The van der Waals surface area contributed by atoms with E-state index in [1.54, 1.807) is 10.8 Å². The van der Waals surface area contributed by atoms with Crippen molar-refractivity contribution >= 4 is 17.5 Å². The number of aromatic nitrogens is 2. The molecule has 0 aliphatic rings. The summed E-state index contributed by atoms with van der Waals surface area (Å²) in [6, 6.07) is 5.44. The Morgan fingerprint density at radius 2 is 1.97 bits per heavy atom. The number of carbonyl (C=O) groups excluding carboxylic acids is 2. The molecule has 172 valence electrons. The van der Waals surface area contributed by atoms with Crippen molar-refractivity contribution in [3.05, 3.63) is 66.3 Å². The quantitative estimate of drug-likeness (QED) is 0.459. The van der Waals surface area contributed by atoms with Gasteiger partial charge in [0.05, 0.1) is 18.7 Å². The maximum atomic E-state index is 13.2. The lowest BCUT2D eigenvalue weighted by Gasteiger charge is -2.14. The van der Waals surface area contributed by atoms with Crippen molar-refractivity contribution in [1.29, 1.82) is 0 Å². The molecule has 0 atom stereocenters. The first-order chi connectivity index (χ1) is 15.1. The van der Waals surface area contributed by atoms with Crippen LogP contribution in [-0.4, -0.2) is 45.7 Å². The van der Waals surface area contributed by atoms with Crippen LogP contribution in [0, 0.1) is 0 Å². The minimum absolute atomic E-state index is 0.0792. The number of carbonyl (C=O) groups is 2.